The Hall–Kier alpha value is -2.03. The minimum Gasteiger partial charge on any atom is -0.465 e. The first kappa shape index (κ1) is 19.3. The van der Waals surface area contributed by atoms with Gasteiger partial charge >= 0.3 is 6.09 Å². The van der Waals surface area contributed by atoms with Crippen LogP contribution in [0.15, 0.2) is 12.7 Å². The van der Waals surface area contributed by atoms with Gasteiger partial charge in [-0.15, -0.1) is 6.58 Å². The monoisotopic (exact) mass is 347 g/mol. The van der Waals surface area contributed by atoms with Crippen LogP contribution in [0.1, 0.15) is 59.3 Å². The molecule has 6 heteroatoms. The molecule has 0 spiro atoms. The summed E-state index contributed by atoms with van der Waals surface area (Å²) in [6.07, 6.45) is 5.38. The first-order valence-electron chi connectivity index (χ1n) is 9.05. The van der Waals surface area contributed by atoms with Gasteiger partial charge in [-0.2, -0.15) is 5.26 Å². The smallest absolute Gasteiger partial charge is 0.405 e. The predicted octanol–water partition coefficient (Wildman–Crippen LogP) is 3.30. The van der Waals surface area contributed by atoms with Crippen LogP contribution in [-0.4, -0.2) is 39.6 Å². The SMILES string of the molecule is C=CC1CCC(C#N)N1C(=O)[C@](NC(=O)O)(C1CCCC1)C(C)(C)C. The maximum absolute atomic E-state index is 13.8. The molecule has 1 heterocycles. The van der Waals surface area contributed by atoms with E-state index in [0.717, 1.165) is 25.7 Å². The highest BCUT2D eigenvalue weighted by molar-refractivity contribution is 5.92. The molecule has 1 aliphatic heterocycles. The van der Waals surface area contributed by atoms with Gasteiger partial charge in [0.1, 0.15) is 11.6 Å². The van der Waals surface area contributed by atoms with Crippen molar-refractivity contribution in [3.05, 3.63) is 12.7 Å². The fourth-order valence-corrected chi connectivity index (χ4v) is 4.67. The maximum Gasteiger partial charge on any atom is 0.405 e. The molecule has 0 bridgehead atoms. The standard InChI is InChI=1S/C19H29N3O3/c1-5-14-10-11-15(12-20)22(14)16(23)19(18(2,3)4,21-17(24)25)13-8-6-7-9-13/h5,13-15,21H,1,6-11H2,2-4H3,(H,24,25)/t14?,15?,19-/m1/s1. The lowest BCUT2D eigenvalue weighted by Gasteiger charge is -2.50. The highest BCUT2D eigenvalue weighted by Crippen LogP contribution is 2.46. The number of hydrogen-bond donors (Lipinski definition) is 2. The van der Waals surface area contributed by atoms with Crippen LogP contribution in [0.2, 0.25) is 0 Å². The number of nitriles is 1. The van der Waals surface area contributed by atoms with E-state index in [4.69, 9.17) is 0 Å². The van der Waals surface area contributed by atoms with Gasteiger partial charge < -0.3 is 15.3 Å². The summed E-state index contributed by atoms with van der Waals surface area (Å²) in [5, 5.41) is 21.7. The van der Waals surface area contributed by atoms with E-state index in [1.165, 1.54) is 0 Å². The molecule has 2 rings (SSSR count). The van der Waals surface area contributed by atoms with Gasteiger partial charge in [0, 0.05) is 0 Å². The highest BCUT2D eigenvalue weighted by atomic mass is 16.4. The highest BCUT2D eigenvalue weighted by Gasteiger charge is 2.58. The second kappa shape index (κ2) is 7.07. The lowest BCUT2D eigenvalue weighted by molar-refractivity contribution is -0.148. The largest absolute Gasteiger partial charge is 0.465 e. The average molecular weight is 347 g/mol. The van der Waals surface area contributed by atoms with Crippen molar-refractivity contribution in [3.8, 4) is 6.07 Å². The second-order valence-electron chi connectivity index (χ2n) is 8.21. The molecule has 2 N–H and O–H groups in total. The Bertz CT molecular complexity index is 584. The van der Waals surface area contributed by atoms with Gasteiger partial charge in [-0.3, -0.25) is 4.79 Å². The zero-order valence-corrected chi connectivity index (χ0v) is 15.4. The summed E-state index contributed by atoms with van der Waals surface area (Å²) in [6, 6.07) is 1.45. The minimum absolute atomic E-state index is 0.0680. The second-order valence-corrected chi connectivity index (χ2v) is 8.21. The number of rotatable bonds is 4. The molecule has 138 valence electrons. The van der Waals surface area contributed by atoms with E-state index < -0.39 is 23.1 Å². The molecule has 2 amide bonds. The minimum atomic E-state index is -1.24. The van der Waals surface area contributed by atoms with Crippen LogP contribution < -0.4 is 5.32 Å². The zero-order valence-electron chi connectivity index (χ0n) is 15.4. The molecule has 0 aromatic rings. The van der Waals surface area contributed by atoms with Crippen LogP contribution in [0.25, 0.3) is 0 Å². The molecular weight excluding hydrogens is 318 g/mol. The molecule has 0 aromatic carbocycles. The van der Waals surface area contributed by atoms with Crippen LogP contribution in [0.4, 0.5) is 4.79 Å². The lowest BCUT2D eigenvalue weighted by Crippen LogP contribution is -2.70. The average Bonchev–Trinajstić information content (AvgIpc) is 3.19. The lowest BCUT2D eigenvalue weighted by atomic mass is 9.64. The molecule has 1 aliphatic carbocycles. The van der Waals surface area contributed by atoms with E-state index in [0.29, 0.717) is 12.8 Å². The molecule has 2 fully saturated rings. The summed E-state index contributed by atoms with van der Waals surface area (Å²) in [5.41, 5.74) is -1.86. The van der Waals surface area contributed by atoms with Crippen molar-refractivity contribution in [2.75, 3.05) is 0 Å². The van der Waals surface area contributed by atoms with Crippen LogP contribution in [-0.2, 0) is 4.79 Å². The van der Waals surface area contributed by atoms with Gasteiger partial charge in [0.2, 0.25) is 0 Å². The van der Waals surface area contributed by atoms with Crippen molar-refractivity contribution >= 4 is 12.0 Å². The van der Waals surface area contributed by atoms with Gasteiger partial charge in [-0.05, 0) is 37.0 Å². The Balaban J connectivity index is 2.56. The number of carbonyl (C=O) groups is 2. The van der Waals surface area contributed by atoms with E-state index in [1.807, 2.05) is 20.8 Å². The van der Waals surface area contributed by atoms with Crippen molar-refractivity contribution < 1.29 is 14.7 Å². The maximum atomic E-state index is 13.8. The van der Waals surface area contributed by atoms with Crippen LogP contribution >= 0.6 is 0 Å². The molecular formula is C19H29N3O3. The Morgan fingerprint density at radius 3 is 2.28 bits per heavy atom. The first-order valence-corrected chi connectivity index (χ1v) is 9.05. The fourth-order valence-electron chi connectivity index (χ4n) is 4.67. The number of likely N-dealkylation sites (tertiary alicyclic amines) is 1. The van der Waals surface area contributed by atoms with Gasteiger partial charge in [-0.25, -0.2) is 4.79 Å². The number of carboxylic acid groups (broad SMARTS) is 1. The number of amides is 2. The van der Waals surface area contributed by atoms with Crippen LogP contribution in [0.3, 0.4) is 0 Å². The van der Waals surface area contributed by atoms with Crippen molar-refractivity contribution in [1.82, 2.24) is 10.2 Å². The van der Waals surface area contributed by atoms with E-state index in [2.05, 4.69) is 18.0 Å². The van der Waals surface area contributed by atoms with Gasteiger partial charge in [0.15, 0.2) is 0 Å². The number of nitrogens with one attached hydrogen (secondary N) is 1. The quantitative estimate of drug-likeness (QED) is 0.763. The van der Waals surface area contributed by atoms with Gasteiger partial charge in [0.25, 0.3) is 5.91 Å². The Morgan fingerprint density at radius 2 is 1.84 bits per heavy atom. The third-order valence-corrected chi connectivity index (χ3v) is 5.88. The number of hydrogen-bond acceptors (Lipinski definition) is 3. The van der Waals surface area contributed by atoms with Gasteiger partial charge in [0.05, 0.1) is 12.1 Å². The molecule has 1 saturated heterocycles. The number of carbonyl (C=O) groups excluding carboxylic acids is 1. The van der Waals surface area contributed by atoms with Crippen molar-refractivity contribution in [2.45, 2.75) is 76.9 Å². The first-order chi connectivity index (χ1) is 11.7. The third kappa shape index (κ3) is 3.24. The Morgan fingerprint density at radius 1 is 1.24 bits per heavy atom. The summed E-state index contributed by atoms with van der Waals surface area (Å²) in [7, 11) is 0. The van der Waals surface area contributed by atoms with Crippen LogP contribution in [0, 0.1) is 22.7 Å². The molecule has 1 saturated carbocycles. The van der Waals surface area contributed by atoms with Crippen LogP contribution in [0.5, 0.6) is 0 Å². The summed E-state index contributed by atoms with van der Waals surface area (Å²) in [5.74, 6) is -0.343. The Labute approximate surface area is 149 Å². The molecule has 0 aromatic heterocycles. The molecule has 3 atom stereocenters. The molecule has 6 nitrogen and oxygen atoms in total. The molecule has 25 heavy (non-hydrogen) atoms. The van der Waals surface area contributed by atoms with Crippen molar-refractivity contribution in [1.29, 1.82) is 5.26 Å². The predicted molar refractivity (Wildman–Crippen MR) is 94.8 cm³/mol. The fraction of sp³-hybridized carbons (Fsp3) is 0.737. The Kier molecular flexibility index (Phi) is 5.46. The van der Waals surface area contributed by atoms with Gasteiger partial charge in [-0.1, -0.05) is 39.7 Å². The van der Waals surface area contributed by atoms with E-state index in [1.54, 1.807) is 11.0 Å². The molecule has 0 radical (unpaired) electrons. The summed E-state index contributed by atoms with van der Waals surface area (Å²) in [6.45, 7) is 9.51. The van der Waals surface area contributed by atoms with E-state index >= 15 is 0 Å². The zero-order chi connectivity index (χ0) is 18.8. The topological polar surface area (TPSA) is 93.4 Å². The normalized spacial score (nSPS) is 26.7. The van der Waals surface area contributed by atoms with E-state index in [9.17, 15) is 20.0 Å². The summed E-state index contributed by atoms with van der Waals surface area (Å²) >= 11 is 0. The summed E-state index contributed by atoms with van der Waals surface area (Å²) in [4.78, 5) is 27.0. The molecule has 2 aliphatic rings. The molecule has 2 unspecified atom stereocenters. The number of nitrogens with zero attached hydrogens (tertiary/aromatic N) is 2. The van der Waals surface area contributed by atoms with Crippen molar-refractivity contribution in [2.24, 2.45) is 11.3 Å². The van der Waals surface area contributed by atoms with Crippen molar-refractivity contribution in [3.63, 3.8) is 0 Å². The summed E-state index contributed by atoms with van der Waals surface area (Å²) < 4.78 is 0. The van der Waals surface area contributed by atoms with E-state index in [-0.39, 0.29) is 17.9 Å². The third-order valence-electron chi connectivity index (χ3n) is 5.88.